The smallest absolute Gasteiger partial charge is 0.321 e. The zero-order valence-corrected chi connectivity index (χ0v) is 11.3. The van der Waals surface area contributed by atoms with Crippen molar-refractivity contribution < 1.29 is 14.4 Å². The summed E-state index contributed by atoms with van der Waals surface area (Å²) in [7, 11) is 0. The van der Waals surface area contributed by atoms with Crippen molar-refractivity contribution in [3.63, 3.8) is 0 Å². The van der Waals surface area contributed by atoms with E-state index in [-0.39, 0.29) is 17.8 Å². The molecule has 0 aliphatic carbocycles. The van der Waals surface area contributed by atoms with Crippen molar-refractivity contribution in [2.45, 2.75) is 19.8 Å². The fraction of sp³-hybridized carbons (Fsp3) is 0.429. The van der Waals surface area contributed by atoms with Gasteiger partial charge < -0.3 is 15.4 Å². The lowest BCUT2D eigenvalue weighted by Crippen LogP contribution is -2.45. The van der Waals surface area contributed by atoms with E-state index in [1.165, 1.54) is 24.3 Å². The number of urea groups is 1. The maximum absolute atomic E-state index is 12.8. The Hall–Kier alpha value is -2.11. The highest BCUT2D eigenvalue weighted by Gasteiger charge is 2.27. The third-order valence-corrected chi connectivity index (χ3v) is 3.55. The quantitative estimate of drug-likeness (QED) is 0.645. The number of halogens is 1. The molecule has 1 aromatic rings. The van der Waals surface area contributed by atoms with Gasteiger partial charge in [-0.2, -0.15) is 0 Å². The highest BCUT2D eigenvalue weighted by atomic mass is 19.1. The van der Waals surface area contributed by atoms with Gasteiger partial charge in [0.25, 0.3) is 0 Å². The SMILES string of the molecule is CCC1CN(C(=O)Nc2ccc(F)cc2)CC/C1=N\O. The van der Waals surface area contributed by atoms with Crippen LogP contribution >= 0.6 is 0 Å². The molecule has 1 fully saturated rings. The Balaban J connectivity index is 1.98. The lowest BCUT2D eigenvalue weighted by atomic mass is 9.93. The van der Waals surface area contributed by atoms with Gasteiger partial charge >= 0.3 is 6.03 Å². The zero-order chi connectivity index (χ0) is 14.5. The molecule has 6 heteroatoms. The van der Waals surface area contributed by atoms with Crippen LogP contribution in [0.25, 0.3) is 0 Å². The summed E-state index contributed by atoms with van der Waals surface area (Å²) in [5.41, 5.74) is 1.31. The van der Waals surface area contributed by atoms with E-state index in [0.29, 0.717) is 25.2 Å². The van der Waals surface area contributed by atoms with Gasteiger partial charge in [0.2, 0.25) is 0 Å². The molecule has 1 heterocycles. The Kier molecular flexibility index (Phi) is 4.55. The molecule has 1 saturated heterocycles. The van der Waals surface area contributed by atoms with Crippen LogP contribution in [-0.4, -0.2) is 34.9 Å². The predicted octanol–water partition coefficient (Wildman–Crippen LogP) is 2.92. The summed E-state index contributed by atoms with van der Waals surface area (Å²) < 4.78 is 12.8. The average Bonchev–Trinajstić information content (AvgIpc) is 2.48. The molecule has 1 aliphatic rings. The standard InChI is InChI=1S/C14H18FN3O2/c1-2-10-9-18(8-7-13(10)17-20)14(19)16-12-5-3-11(15)4-6-12/h3-6,10,20H,2,7-9H2,1H3,(H,16,19)/b17-13+. The van der Waals surface area contributed by atoms with Crippen molar-refractivity contribution in [2.75, 3.05) is 18.4 Å². The second-order valence-electron chi connectivity index (χ2n) is 4.83. The maximum Gasteiger partial charge on any atom is 0.321 e. The van der Waals surface area contributed by atoms with Gasteiger partial charge in [0.15, 0.2) is 0 Å². The highest BCUT2D eigenvalue weighted by Crippen LogP contribution is 2.18. The molecule has 0 aromatic heterocycles. The van der Waals surface area contributed by atoms with Gasteiger partial charge in [0, 0.05) is 31.1 Å². The second kappa shape index (κ2) is 6.36. The van der Waals surface area contributed by atoms with Gasteiger partial charge in [-0.15, -0.1) is 0 Å². The van der Waals surface area contributed by atoms with E-state index in [4.69, 9.17) is 5.21 Å². The average molecular weight is 279 g/mol. The molecule has 2 rings (SSSR count). The minimum atomic E-state index is -0.337. The number of amides is 2. The highest BCUT2D eigenvalue weighted by molar-refractivity contribution is 5.93. The Morgan fingerprint density at radius 3 is 2.80 bits per heavy atom. The Bertz CT molecular complexity index is 502. The number of hydrogen-bond donors (Lipinski definition) is 2. The molecular formula is C14H18FN3O2. The molecule has 0 saturated carbocycles. The number of rotatable bonds is 2. The molecule has 1 unspecified atom stereocenters. The van der Waals surface area contributed by atoms with E-state index in [2.05, 4.69) is 10.5 Å². The number of carbonyl (C=O) groups excluding carboxylic acids is 1. The number of nitrogens with one attached hydrogen (secondary N) is 1. The van der Waals surface area contributed by atoms with Crippen molar-refractivity contribution in [3.8, 4) is 0 Å². The number of oxime groups is 1. The van der Waals surface area contributed by atoms with Gasteiger partial charge in [0.1, 0.15) is 5.82 Å². The van der Waals surface area contributed by atoms with E-state index in [0.717, 1.165) is 12.1 Å². The molecule has 1 aliphatic heterocycles. The first-order valence-corrected chi connectivity index (χ1v) is 6.66. The summed E-state index contributed by atoms with van der Waals surface area (Å²) in [4.78, 5) is 13.8. The Labute approximate surface area is 117 Å². The molecule has 1 aromatic carbocycles. The maximum atomic E-state index is 12.8. The first kappa shape index (κ1) is 14.3. The molecular weight excluding hydrogens is 261 g/mol. The lowest BCUT2D eigenvalue weighted by Gasteiger charge is -2.32. The minimum absolute atomic E-state index is 0.0905. The molecule has 2 amide bonds. The third kappa shape index (κ3) is 3.26. The number of anilines is 1. The van der Waals surface area contributed by atoms with Gasteiger partial charge in [-0.05, 0) is 30.7 Å². The molecule has 108 valence electrons. The molecule has 2 N–H and O–H groups in total. The normalized spacial score (nSPS) is 21.0. The number of benzene rings is 1. The molecule has 1 atom stereocenters. The minimum Gasteiger partial charge on any atom is -0.411 e. The summed E-state index contributed by atoms with van der Waals surface area (Å²) in [5, 5.41) is 15.0. The summed E-state index contributed by atoms with van der Waals surface area (Å²) in [5.74, 6) is -0.247. The van der Waals surface area contributed by atoms with E-state index in [9.17, 15) is 9.18 Å². The van der Waals surface area contributed by atoms with Crippen molar-refractivity contribution >= 4 is 17.4 Å². The van der Waals surface area contributed by atoms with Crippen LogP contribution in [0.4, 0.5) is 14.9 Å². The van der Waals surface area contributed by atoms with Crippen LogP contribution in [0.3, 0.4) is 0 Å². The van der Waals surface area contributed by atoms with E-state index in [1.807, 2.05) is 6.92 Å². The number of piperidine rings is 1. The summed E-state index contributed by atoms with van der Waals surface area (Å²) in [6.45, 7) is 3.04. The van der Waals surface area contributed by atoms with Crippen LogP contribution in [0.2, 0.25) is 0 Å². The van der Waals surface area contributed by atoms with Gasteiger partial charge in [-0.1, -0.05) is 12.1 Å². The van der Waals surface area contributed by atoms with Crippen LogP contribution in [0.1, 0.15) is 19.8 Å². The topological polar surface area (TPSA) is 64.9 Å². The number of hydrogen-bond acceptors (Lipinski definition) is 3. The van der Waals surface area contributed by atoms with Gasteiger partial charge in [-0.25, -0.2) is 9.18 Å². The molecule has 0 spiro atoms. The summed E-state index contributed by atoms with van der Waals surface area (Å²) in [6, 6.07) is 5.44. The molecule has 20 heavy (non-hydrogen) atoms. The van der Waals surface area contributed by atoms with Crippen LogP contribution in [0.5, 0.6) is 0 Å². The van der Waals surface area contributed by atoms with Crippen molar-refractivity contribution in [3.05, 3.63) is 30.1 Å². The van der Waals surface area contributed by atoms with Crippen LogP contribution < -0.4 is 5.32 Å². The van der Waals surface area contributed by atoms with Crippen molar-refractivity contribution in [1.82, 2.24) is 4.90 Å². The number of likely N-dealkylation sites (tertiary alicyclic amines) is 1. The summed E-state index contributed by atoms with van der Waals surface area (Å²) >= 11 is 0. The van der Waals surface area contributed by atoms with E-state index < -0.39 is 0 Å². The first-order chi connectivity index (χ1) is 9.63. The van der Waals surface area contributed by atoms with Crippen LogP contribution in [-0.2, 0) is 0 Å². The zero-order valence-electron chi connectivity index (χ0n) is 11.3. The Morgan fingerprint density at radius 2 is 2.20 bits per heavy atom. The van der Waals surface area contributed by atoms with Crippen molar-refractivity contribution in [1.29, 1.82) is 0 Å². The third-order valence-electron chi connectivity index (χ3n) is 3.55. The monoisotopic (exact) mass is 279 g/mol. The fourth-order valence-corrected chi connectivity index (χ4v) is 2.33. The molecule has 0 bridgehead atoms. The van der Waals surface area contributed by atoms with Crippen LogP contribution in [0, 0.1) is 11.7 Å². The second-order valence-corrected chi connectivity index (χ2v) is 4.83. The lowest BCUT2D eigenvalue weighted by molar-refractivity contribution is 0.200. The van der Waals surface area contributed by atoms with Gasteiger partial charge in [0.05, 0.1) is 5.71 Å². The molecule has 5 nitrogen and oxygen atoms in total. The van der Waals surface area contributed by atoms with Crippen molar-refractivity contribution in [2.24, 2.45) is 11.1 Å². The molecule has 0 radical (unpaired) electrons. The Morgan fingerprint density at radius 1 is 1.50 bits per heavy atom. The number of nitrogens with zero attached hydrogens (tertiary/aromatic N) is 2. The number of carbonyl (C=O) groups is 1. The van der Waals surface area contributed by atoms with E-state index >= 15 is 0 Å². The van der Waals surface area contributed by atoms with E-state index in [1.54, 1.807) is 4.90 Å². The predicted molar refractivity (Wildman–Crippen MR) is 74.6 cm³/mol. The van der Waals surface area contributed by atoms with Crippen LogP contribution in [0.15, 0.2) is 29.4 Å². The first-order valence-electron chi connectivity index (χ1n) is 6.66. The fourth-order valence-electron chi connectivity index (χ4n) is 2.33. The summed E-state index contributed by atoms with van der Waals surface area (Å²) in [6.07, 6.45) is 1.39. The van der Waals surface area contributed by atoms with Gasteiger partial charge in [-0.3, -0.25) is 0 Å². The largest absolute Gasteiger partial charge is 0.411 e.